The molecule has 202 valence electrons. The number of sulfone groups is 1. The zero-order valence-corrected chi connectivity index (χ0v) is 22.3. The van der Waals surface area contributed by atoms with E-state index < -0.39 is 21.7 Å². The number of rotatable bonds is 9. The Balaban J connectivity index is 1.63. The zero-order valence-electron chi connectivity index (χ0n) is 20.8. The molecule has 14 heteroatoms. The van der Waals surface area contributed by atoms with Gasteiger partial charge in [-0.3, -0.25) is 5.01 Å². The van der Waals surface area contributed by atoms with Gasteiger partial charge in [0.15, 0.2) is 21.4 Å². The maximum Gasteiger partial charge on any atom is 0.387 e. The molecule has 3 aromatic rings. The molecular weight excluding hydrogens is 540 g/mol. The number of anilines is 5. The van der Waals surface area contributed by atoms with Gasteiger partial charge in [0, 0.05) is 25.3 Å². The molecule has 2 aromatic carbocycles. The van der Waals surface area contributed by atoms with E-state index in [9.17, 15) is 17.2 Å². The van der Waals surface area contributed by atoms with Crippen LogP contribution in [0.4, 0.5) is 37.6 Å². The van der Waals surface area contributed by atoms with E-state index in [1.54, 1.807) is 55.5 Å². The molecule has 1 aliphatic heterocycles. The van der Waals surface area contributed by atoms with Gasteiger partial charge in [0.1, 0.15) is 11.4 Å². The lowest BCUT2D eigenvalue weighted by Gasteiger charge is -2.28. The molecule has 0 saturated heterocycles. The van der Waals surface area contributed by atoms with Gasteiger partial charge in [-0.25, -0.2) is 13.4 Å². The van der Waals surface area contributed by atoms with Gasteiger partial charge in [-0.05, 0) is 38.1 Å². The van der Waals surface area contributed by atoms with E-state index in [-0.39, 0.29) is 38.8 Å². The molecule has 0 radical (unpaired) electrons. The molecule has 0 aliphatic carbocycles. The number of alkyl halides is 2. The van der Waals surface area contributed by atoms with Crippen LogP contribution in [0.3, 0.4) is 0 Å². The van der Waals surface area contributed by atoms with Gasteiger partial charge < -0.3 is 20.3 Å². The highest BCUT2D eigenvalue weighted by Crippen LogP contribution is 2.34. The fourth-order valence-electron chi connectivity index (χ4n) is 3.54. The van der Waals surface area contributed by atoms with Crippen molar-refractivity contribution in [2.75, 3.05) is 35.7 Å². The molecule has 4 rings (SSSR count). The number of nitrogens with one attached hydrogen (secondary N) is 2. The summed E-state index contributed by atoms with van der Waals surface area (Å²) in [6.45, 7) is 1.40. The summed E-state index contributed by atoms with van der Waals surface area (Å²) in [5.41, 5.74) is 1.09. The summed E-state index contributed by atoms with van der Waals surface area (Å²) >= 11 is 6.29. The first kappa shape index (κ1) is 27.3. The summed E-state index contributed by atoms with van der Waals surface area (Å²) in [4.78, 5) is 10.4. The van der Waals surface area contributed by atoms with Crippen molar-refractivity contribution in [3.05, 3.63) is 53.7 Å². The second-order valence-corrected chi connectivity index (χ2v) is 11.5. The van der Waals surface area contributed by atoms with Crippen molar-refractivity contribution >= 4 is 56.6 Å². The van der Waals surface area contributed by atoms with Crippen molar-refractivity contribution in [1.82, 2.24) is 15.0 Å². The van der Waals surface area contributed by atoms with Gasteiger partial charge in [-0.1, -0.05) is 23.7 Å². The fraction of sp³-hybridized carbons (Fsp3) is 0.292. The monoisotopic (exact) mass is 565 g/mol. The van der Waals surface area contributed by atoms with Crippen LogP contribution in [-0.4, -0.2) is 61.7 Å². The molecule has 0 spiro atoms. The minimum atomic E-state index is -3.60. The van der Waals surface area contributed by atoms with E-state index in [0.29, 0.717) is 18.8 Å². The first-order chi connectivity index (χ1) is 18.0. The Kier molecular flexibility index (Phi) is 8.17. The van der Waals surface area contributed by atoms with Gasteiger partial charge in [0.05, 0.1) is 34.3 Å². The zero-order chi connectivity index (χ0) is 27.4. The minimum Gasteiger partial charge on any atom is -0.433 e. The summed E-state index contributed by atoms with van der Waals surface area (Å²) in [7, 11) is -1.76. The van der Waals surface area contributed by atoms with Gasteiger partial charge in [-0.15, -0.1) is 0 Å². The molecule has 1 aromatic heterocycles. The Morgan fingerprint density at radius 2 is 1.84 bits per heavy atom. The molecule has 2 heterocycles. The highest BCUT2D eigenvalue weighted by molar-refractivity contribution is 7.92. The predicted octanol–water partition coefficient (Wildman–Crippen LogP) is 5.10. The molecule has 38 heavy (non-hydrogen) atoms. The van der Waals surface area contributed by atoms with Crippen molar-refractivity contribution < 1.29 is 21.9 Å². The number of benzene rings is 2. The summed E-state index contributed by atoms with van der Waals surface area (Å²) in [6, 6.07) is 11.1. The van der Waals surface area contributed by atoms with Gasteiger partial charge in [-0.2, -0.15) is 18.9 Å². The van der Waals surface area contributed by atoms with Crippen LogP contribution in [0.1, 0.15) is 13.8 Å². The number of ether oxygens (including phenoxy) is 1. The van der Waals surface area contributed by atoms with Crippen LogP contribution in [0.15, 0.2) is 58.7 Å². The summed E-state index contributed by atoms with van der Waals surface area (Å²) in [5.74, 6) is 0.0255. The van der Waals surface area contributed by atoms with Crippen molar-refractivity contribution in [2.24, 2.45) is 5.10 Å². The molecular formula is C24H26ClF2N7O3S. The van der Waals surface area contributed by atoms with E-state index in [0.717, 1.165) is 0 Å². The average Bonchev–Trinajstić information content (AvgIpc) is 2.87. The third-order valence-electron chi connectivity index (χ3n) is 5.62. The second kappa shape index (κ2) is 11.4. The van der Waals surface area contributed by atoms with Crippen LogP contribution in [0.2, 0.25) is 5.02 Å². The second-order valence-electron chi connectivity index (χ2n) is 8.59. The van der Waals surface area contributed by atoms with Crippen molar-refractivity contribution in [3.8, 4) is 5.75 Å². The molecule has 0 unspecified atom stereocenters. The fourth-order valence-corrected chi connectivity index (χ4v) is 4.88. The Morgan fingerprint density at radius 3 is 2.53 bits per heavy atom. The molecule has 0 amide bonds. The summed E-state index contributed by atoms with van der Waals surface area (Å²) < 4.78 is 56.8. The maximum absolute atomic E-state index is 13.2. The largest absolute Gasteiger partial charge is 0.433 e. The molecule has 10 nitrogen and oxygen atoms in total. The van der Waals surface area contributed by atoms with E-state index in [2.05, 4.69) is 25.7 Å². The van der Waals surface area contributed by atoms with E-state index >= 15 is 0 Å². The van der Waals surface area contributed by atoms with Gasteiger partial charge in [0.25, 0.3) is 0 Å². The molecule has 0 saturated carbocycles. The lowest BCUT2D eigenvalue weighted by Crippen LogP contribution is -2.35. The quantitative estimate of drug-likeness (QED) is 0.366. The Morgan fingerprint density at radius 1 is 1.08 bits per heavy atom. The van der Waals surface area contributed by atoms with Crippen LogP contribution in [0, 0.1) is 0 Å². The molecule has 2 N–H and O–H groups in total. The number of halogens is 3. The first-order valence-corrected chi connectivity index (χ1v) is 13.5. The number of para-hydroxylation sites is 1. The third kappa shape index (κ3) is 6.22. The van der Waals surface area contributed by atoms with E-state index in [4.69, 9.17) is 16.3 Å². The number of likely N-dealkylation sites (N-methyl/N-ethyl adjacent to an activating group) is 1. The topological polar surface area (TPSA) is 112 Å². The van der Waals surface area contributed by atoms with Crippen LogP contribution in [0.25, 0.3) is 0 Å². The highest BCUT2D eigenvalue weighted by Gasteiger charge is 2.23. The number of nitrogens with zero attached hydrogens (tertiary/aromatic N) is 5. The predicted molar refractivity (Wildman–Crippen MR) is 144 cm³/mol. The smallest absolute Gasteiger partial charge is 0.387 e. The minimum absolute atomic E-state index is 0.0223. The third-order valence-corrected chi connectivity index (χ3v) is 8.11. The maximum atomic E-state index is 13.2. The molecule has 0 bridgehead atoms. The lowest BCUT2D eigenvalue weighted by molar-refractivity contribution is -0.0493. The SMILES string of the molecule is CC(C)S(=O)(=O)c1ccccc1Nc1nc(Nc2ccc(N3C=NN(C)CC3)cc2OC(F)F)ncc1Cl. The Labute approximate surface area is 224 Å². The van der Waals surface area contributed by atoms with Crippen LogP contribution in [-0.2, 0) is 9.84 Å². The Hall–Kier alpha value is -3.71. The molecule has 1 aliphatic rings. The van der Waals surface area contributed by atoms with Gasteiger partial charge >= 0.3 is 6.61 Å². The molecule has 0 fully saturated rings. The Bertz CT molecular complexity index is 1440. The number of hydrogen-bond acceptors (Lipinski definition) is 10. The average molecular weight is 566 g/mol. The van der Waals surface area contributed by atoms with Crippen LogP contribution < -0.4 is 20.3 Å². The van der Waals surface area contributed by atoms with Crippen LogP contribution in [0.5, 0.6) is 5.75 Å². The standard InChI is InChI=1S/C24H26ClF2N7O3S/c1-15(2)38(35,36)21-7-5-4-6-19(21)30-22-17(25)13-28-24(32-22)31-18-9-8-16(12-20(18)37-23(26)27)34-11-10-33(3)29-14-34/h4-9,12-15,23H,10-11H2,1-3H3,(H2,28,30,31,32). The van der Waals surface area contributed by atoms with Gasteiger partial charge in [0.2, 0.25) is 5.95 Å². The van der Waals surface area contributed by atoms with E-state index in [1.807, 2.05) is 11.9 Å². The van der Waals surface area contributed by atoms with Crippen molar-refractivity contribution in [3.63, 3.8) is 0 Å². The normalized spacial score (nSPS) is 13.8. The number of aromatic nitrogens is 2. The summed E-state index contributed by atoms with van der Waals surface area (Å²) in [6.07, 6.45) is 2.91. The van der Waals surface area contributed by atoms with Crippen molar-refractivity contribution in [1.29, 1.82) is 0 Å². The van der Waals surface area contributed by atoms with Crippen LogP contribution >= 0.6 is 11.6 Å². The summed E-state index contributed by atoms with van der Waals surface area (Å²) in [5, 5.41) is 11.3. The van der Waals surface area contributed by atoms with Crippen molar-refractivity contribution in [2.45, 2.75) is 30.6 Å². The number of hydrogen-bond donors (Lipinski definition) is 2. The highest BCUT2D eigenvalue weighted by atomic mass is 35.5. The lowest BCUT2D eigenvalue weighted by atomic mass is 10.2. The number of hydrazone groups is 1. The first-order valence-electron chi connectivity index (χ1n) is 11.5. The molecule has 0 atom stereocenters. The van der Waals surface area contributed by atoms with E-state index in [1.165, 1.54) is 18.3 Å².